The maximum atomic E-state index is 13.1. The molecule has 13 heavy (non-hydrogen) atoms. The number of carbonyl (C=O) groups excluding carboxylic acids is 1. The average molecular weight is 185 g/mol. The number of halogens is 1. The Labute approximate surface area is 78.1 Å². The van der Waals surface area contributed by atoms with Crippen LogP contribution in [0, 0.1) is 5.92 Å². The zero-order valence-corrected chi connectivity index (χ0v) is 8.22. The van der Waals surface area contributed by atoms with Crippen LogP contribution in [0.15, 0.2) is 0 Å². The minimum atomic E-state index is -0.682. The van der Waals surface area contributed by atoms with Crippen molar-refractivity contribution in [2.24, 2.45) is 5.92 Å². The van der Waals surface area contributed by atoms with Gasteiger partial charge in [-0.25, -0.2) is 4.39 Å². The standard InChI is InChI=1S/C10H16FNO/c1-7(13)8-3-10(2)4-9(11)6-12(10)5-8/h8-9H,3-6H2,1-2H3. The molecule has 0 aromatic heterocycles. The molecule has 0 radical (unpaired) electrons. The van der Waals surface area contributed by atoms with Crippen LogP contribution in [-0.4, -0.2) is 35.5 Å². The molecule has 2 heterocycles. The first kappa shape index (κ1) is 9.13. The van der Waals surface area contributed by atoms with Gasteiger partial charge in [-0.05, 0) is 26.7 Å². The monoisotopic (exact) mass is 185 g/mol. The van der Waals surface area contributed by atoms with Crippen LogP contribution in [0.3, 0.4) is 0 Å². The molecule has 2 aliphatic rings. The van der Waals surface area contributed by atoms with E-state index < -0.39 is 6.17 Å². The predicted molar refractivity (Wildman–Crippen MR) is 48.3 cm³/mol. The topological polar surface area (TPSA) is 20.3 Å². The van der Waals surface area contributed by atoms with Gasteiger partial charge in [0, 0.05) is 24.5 Å². The molecule has 0 aromatic carbocycles. The highest BCUT2D eigenvalue weighted by molar-refractivity contribution is 5.79. The molecule has 74 valence electrons. The minimum absolute atomic E-state index is 0.0320. The summed E-state index contributed by atoms with van der Waals surface area (Å²) in [6, 6.07) is 0. The molecular formula is C10H16FNO. The second kappa shape index (κ2) is 2.77. The fourth-order valence-electron chi connectivity index (χ4n) is 2.77. The summed E-state index contributed by atoms with van der Waals surface area (Å²) < 4.78 is 13.1. The van der Waals surface area contributed by atoms with E-state index in [4.69, 9.17) is 0 Å². The van der Waals surface area contributed by atoms with E-state index in [1.807, 2.05) is 0 Å². The van der Waals surface area contributed by atoms with Crippen molar-refractivity contribution in [1.82, 2.24) is 4.90 Å². The smallest absolute Gasteiger partial charge is 0.134 e. The molecule has 3 atom stereocenters. The summed E-state index contributed by atoms with van der Waals surface area (Å²) in [6.45, 7) is 5.02. The van der Waals surface area contributed by atoms with Crippen molar-refractivity contribution in [2.75, 3.05) is 13.1 Å². The molecule has 2 saturated heterocycles. The Bertz CT molecular complexity index is 243. The number of ketones is 1. The van der Waals surface area contributed by atoms with E-state index in [-0.39, 0.29) is 17.2 Å². The molecule has 2 fully saturated rings. The molecule has 3 heteroatoms. The van der Waals surface area contributed by atoms with Crippen molar-refractivity contribution in [3.05, 3.63) is 0 Å². The molecule has 0 spiro atoms. The van der Waals surface area contributed by atoms with Crippen molar-refractivity contribution < 1.29 is 9.18 Å². The van der Waals surface area contributed by atoms with Gasteiger partial charge in [0.05, 0.1) is 0 Å². The lowest BCUT2D eigenvalue weighted by atomic mass is 9.90. The molecule has 0 saturated carbocycles. The van der Waals surface area contributed by atoms with E-state index >= 15 is 0 Å². The first-order valence-corrected chi connectivity index (χ1v) is 4.91. The Morgan fingerprint density at radius 2 is 2.15 bits per heavy atom. The summed E-state index contributed by atoms with van der Waals surface area (Å²) in [6.07, 6.45) is 0.775. The maximum Gasteiger partial charge on any atom is 0.134 e. The summed E-state index contributed by atoms with van der Waals surface area (Å²) in [4.78, 5) is 13.3. The van der Waals surface area contributed by atoms with Crippen molar-refractivity contribution in [2.45, 2.75) is 38.4 Å². The molecule has 2 nitrogen and oxygen atoms in total. The third-order valence-corrected chi connectivity index (χ3v) is 3.55. The summed E-state index contributed by atoms with van der Waals surface area (Å²) in [7, 11) is 0. The Balaban J connectivity index is 2.10. The van der Waals surface area contributed by atoms with Gasteiger partial charge >= 0.3 is 0 Å². The third kappa shape index (κ3) is 1.39. The first-order valence-electron chi connectivity index (χ1n) is 4.91. The fourth-order valence-corrected chi connectivity index (χ4v) is 2.77. The molecule has 0 aliphatic carbocycles. The predicted octanol–water partition coefficient (Wildman–Crippen LogP) is 1.40. The van der Waals surface area contributed by atoms with E-state index in [0.29, 0.717) is 13.0 Å². The van der Waals surface area contributed by atoms with Crippen LogP contribution in [0.25, 0.3) is 0 Å². The lowest BCUT2D eigenvalue weighted by Gasteiger charge is -2.25. The van der Waals surface area contributed by atoms with Gasteiger partial charge in [-0.2, -0.15) is 0 Å². The number of hydrogen-bond donors (Lipinski definition) is 0. The molecule has 3 unspecified atom stereocenters. The number of carbonyl (C=O) groups is 1. The SMILES string of the molecule is CC(=O)C1CN2CC(F)CC2(C)C1. The molecule has 2 aliphatic heterocycles. The van der Waals surface area contributed by atoms with E-state index in [1.54, 1.807) is 6.92 Å². The number of rotatable bonds is 1. The largest absolute Gasteiger partial charge is 0.300 e. The van der Waals surface area contributed by atoms with Crippen molar-refractivity contribution >= 4 is 5.78 Å². The Morgan fingerprint density at radius 1 is 1.46 bits per heavy atom. The number of hydrogen-bond acceptors (Lipinski definition) is 2. The van der Waals surface area contributed by atoms with Gasteiger partial charge in [0.15, 0.2) is 0 Å². The maximum absolute atomic E-state index is 13.1. The normalized spacial score (nSPS) is 45.2. The van der Waals surface area contributed by atoms with Crippen molar-refractivity contribution in [3.8, 4) is 0 Å². The Morgan fingerprint density at radius 3 is 2.69 bits per heavy atom. The lowest BCUT2D eigenvalue weighted by molar-refractivity contribution is -0.120. The zero-order valence-electron chi connectivity index (χ0n) is 8.22. The first-order chi connectivity index (χ1) is 6.01. The van der Waals surface area contributed by atoms with Crippen molar-refractivity contribution in [1.29, 1.82) is 0 Å². The molecule has 0 amide bonds. The van der Waals surface area contributed by atoms with Gasteiger partial charge in [-0.15, -0.1) is 0 Å². The number of alkyl halides is 1. The number of fused-ring (bicyclic) bond motifs is 1. The lowest BCUT2D eigenvalue weighted by Crippen LogP contribution is -2.34. The average Bonchev–Trinajstić information content (AvgIpc) is 2.38. The highest BCUT2D eigenvalue weighted by Gasteiger charge is 2.49. The van der Waals surface area contributed by atoms with Crippen LogP contribution in [0.2, 0.25) is 0 Å². The van der Waals surface area contributed by atoms with Gasteiger partial charge in [0.1, 0.15) is 12.0 Å². The van der Waals surface area contributed by atoms with Gasteiger partial charge in [-0.1, -0.05) is 0 Å². The number of Topliss-reactive ketones (excluding diaryl/α,β-unsaturated/α-hetero) is 1. The van der Waals surface area contributed by atoms with Crippen molar-refractivity contribution in [3.63, 3.8) is 0 Å². The van der Waals surface area contributed by atoms with Crippen LogP contribution in [-0.2, 0) is 4.79 Å². The van der Waals surface area contributed by atoms with E-state index in [0.717, 1.165) is 13.0 Å². The van der Waals surface area contributed by atoms with Crippen LogP contribution in [0.5, 0.6) is 0 Å². The van der Waals surface area contributed by atoms with Gasteiger partial charge in [-0.3, -0.25) is 9.69 Å². The van der Waals surface area contributed by atoms with Gasteiger partial charge < -0.3 is 0 Å². The summed E-state index contributed by atoms with van der Waals surface area (Å²) in [5.41, 5.74) is -0.0320. The van der Waals surface area contributed by atoms with Crippen LogP contribution >= 0.6 is 0 Å². The second-order valence-corrected chi connectivity index (χ2v) is 4.72. The Hall–Kier alpha value is -0.440. The molecule has 2 rings (SSSR count). The highest BCUT2D eigenvalue weighted by atomic mass is 19.1. The van der Waals surface area contributed by atoms with Gasteiger partial charge in [0.25, 0.3) is 0 Å². The van der Waals surface area contributed by atoms with Crippen LogP contribution in [0.1, 0.15) is 26.7 Å². The van der Waals surface area contributed by atoms with E-state index in [2.05, 4.69) is 11.8 Å². The highest BCUT2D eigenvalue weighted by Crippen LogP contribution is 2.42. The molecule has 0 N–H and O–H groups in total. The minimum Gasteiger partial charge on any atom is -0.300 e. The summed E-state index contributed by atoms with van der Waals surface area (Å²) in [5.74, 6) is 0.406. The molecule has 0 bridgehead atoms. The number of nitrogens with zero attached hydrogens (tertiary/aromatic N) is 1. The zero-order chi connectivity index (χ0) is 9.64. The quantitative estimate of drug-likeness (QED) is 0.615. The summed E-state index contributed by atoms with van der Waals surface area (Å²) >= 11 is 0. The second-order valence-electron chi connectivity index (χ2n) is 4.72. The Kier molecular flexibility index (Phi) is 1.95. The fraction of sp³-hybridized carbons (Fsp3) is 0.900. The van der Waals surface area contributed by atoms with Crippen LogP contribution < -0.4 is 0 Å². The summed E-state index contributed by atoms with van der Waals surface area (Å²) in [5, 5.41) is 0. The van der Waals surface area contributed by atoms with E-state index in [1.165, 1.54) is 0 Å². The van der Waals surface area contributed by atoms with Crippen LogP contribution in [0.4, 0.5) is 4.39 Å². The molecular weight excluding hydrogens is 169 g/mol. The van der Waals surface area contributed by atoms with Gasteiger partial charge in [0.2, 0.25) is 0 Å². The molecule has 0 aromatic rings. The third-order valence-electron chi connectivity index (χ3n) is 3.55. The van der Waals surface area contributed by atoms with E-state index in [9.17, 15) is 9.18 Å².